The molecule has 1 aliphatic heterocycles. The van der Waals surface area contributed by atoms with E-state index in [9.17, 15) is 4.79 Å². The highest BCUT2D eigenvalue weighted by Gasteiger charge is 2.43. The summed E-state index contributed by atoms with van der Waals surface area (Å²) < 4.78 is 16.8. The fourth-order valence-corrected chi connectivity index (χ4v) is 3.78. The molecule has 3 unspecified atom stereocenters. The molecule has 23 heavy (non-hydrogen) atoms. The summed E-state index contributed by atoms with van der Waals surface area (Å²) in [5.74, 6) is 1.88. The van der Waals surface area contributed by atoms with Gasteiger partial charge in [0.1, 0.15) is 11.3 Å². The molecular formula is C17H24N2O4. The van der Waals surface area contributed by atoms with E-state index in [0.717, 1.165) is 32.0 Å². The fraction of sp³-hybridized carbons (Fsp3) is 0.765. The molecule has 1 saturated heterocycles. The topological polar surface area (TPSA) is 64.8 Å². The number of aromatic nitrogens is 1. The van der Waals surface area contributed by atoms with Crippen molar-refractivity contribution in [2.45, 2.75) is 44.8 Å². The second-order valence-electron chi connectivity index (χ2n) is 7.09. The maximum Gasteiger partial charge on any atom is 0.259 e. The van der Waals surface area contributed by atoms with Gasteiger partial charge in [-0.15, -0.1) is 0 Å². The normalized spacial score (nSPS) is 30.5. The number of nitrogens with zero attached hydrogens (tertiary/aromatic N) is 2. The lowest BCUT2D eigenvalue weighted by atomic mass is 10.1. The van der Waals surface area contributed by atoms with Crippen LogP contribution in [0.5, 0.6) is 0 Å². The van der Waals surface area contributed by atoms with Crippen molar-refractivity contribution >= 4 is 5.91 Å². The lowest BCUT2D eigenvalue weighted by Gasteiger charge is -2.37. The first kappa shape index (κ1) is 15.1. The van der Waals surface area contributed by atoms with Gasteiger partial charge in [0.2, 0.25) is 0 Å². The first-order valence-corrected chi connectivity index (χ1v) is 8.64. The van der Waals surface area contributed by atoms with Gasteiger partial charge < -0.3 is 18.9 Å². The van der Waals surface area contributed by atoms with E-state index < -0.39 is 0 Å². The SMILES string of the molecule is Cc1oncc1C(=O)N1CCOC2CC(COCC3CC3)CC21. The van der Waals surface area contributed by atoms with Gasteiger partial charge >= 0.3 is 0 Å². The lowest BCUT2D eigenvalue weighted by molar-refractivity contribution is -0.0450. The van der Waals surface area contributed by atoms with Gasteiger partial charge in [-0.3, -0.25) is 4.79 Å². The zero-order chi connectivity index (χ0) is 15.8. The van der Waals surface area contributed by atoms with Crippen LogP contribution >= 0.6 is 0 Å². The number of aryl methyl sites for hydroxylation is 1. The quantitative estimate of drug-likeness (QED) is 0.830. The Morgan fingerprint density at radius 2 is 2.17 bits per heavy atom. The zero-order valence-electron chi connectivity index (χ0n) is 13.6. The molecule has 1 aromatic heterocycles. The minimum atomic E-state index is 0.0154. The van der Waals surface area contributed by atoms with Crippen LogP contribution in [0.25, 0.3) is 0 Å². The molecule has 2 heterocycles. The molecule has 3 aliphatic rings. The highest BCUT2D eigenvalue weighted by molar-refractivity contribution is 5.95. The molecule has 2 aliphatic carbocycles. The van der Waals surface area contributed by atoms with E-state index in [-0.39, 0.29) is 18.1 Å². The average molecular weight is 320 g/mol. The Bertz CT molecular complexity index is 569. The number of carbonyl (C=O) groups excluding carboxylic acids is 1. The largest absolute Gasteiger partial charge is 0.381 e. The molecule has 3 fully saturated rings. The Morgan fingerprint density at radius 3 is 2.91 bits per heavy atom. The Balaban J connectivity index is 1.39. The molecule has 1 amide bonds. The summed E-state index contributed by atoms with van der Waals surface area (Å²) >= 11 is 0. The minimum absolute atomic E-state index is 0.0154. The van der Waals surface area contributed by atoms with Gasteiger partial charge in [0.05, 0.1) is 24.9 Å². The number of hydrogen-bond acceptors (Lipinski definition) is 5. The Kier molecular flexibility index (Phi) is 4.11. The van der Waals surface area contributed by atoms with Crippen LogP contribution < -0.4 is 0 Å². The van der Waals surface area contributed by atoms with Crippen molar-refractivity contribution in [2.75, 3.05) is 26.4 Å². The molecule has 6 heteroatoms. The average Bonchev–Trinajstić information content (AvgIpc) is 3.11. The summed E-state index contributed by atoms with van der Waals surface area (Å²) in [4.78, 5) is 14.7. The van der Waals surface area contributed by atoms with E-state index in [0.29, 0.717) is 30.4 Å². The van der Waals surface area contributed by atoms with Gasteiger partial charge in [-0.2, -0.15) is 0 Å². The molecule has 3 atom stereocenters. The van der Waals surface area contributed by atoms with Crippen LogP contribution in [0, 0.1) is 18.8 Å². The van der Waals surface area contributed by atoms with E-state index in [1.54, 1.807) is 6.92 Å². The van der Waals surface area contributed by atoms with Gasteiger partial charge in [-0.05, 0) is 44.4 Å². The van der Waals surface area contributed by atoms with Crippen LogP contribution in [0.1, 0.15) is 41.8 Å². The molecular weight excluding hydrogens is 296 g/mol. The number of ether oxygens (including phenoxy) is 2. The van der Waals surface area contributed by atoms with Crippen LogP contribution in [0.3, 0.4) is 0 Å². The number of rotatable bonds is 5. The monoisotopic (exact) mass is 320 g/mol. The second kappa shape index (κ2) is 6.24. The maximum atomic E-state index is 12.8. The first-order chi connectivity index (χ1) is 11.2. The van der Waals surface area contributed by atoms with Crippen LogP contribution in [0.2, 0.25) is 0 Å². The van der Waals surface area contributed by atoms with E-state index >= 15 is 0 Å². The summed E-state index contributed by atoms with van der Waals surface area (Å²) in [6.07, 6.45) is 6.25. The maximum absolute atomic E-state index is 12.8. The second-order valence-corrected chi connectivity index (χ2v) is 7.09. The van der Waals surface area contributed by atoms with E-state index in [2.05, 4.69) is 5.16 Å². The number of carbonyl (C=O) groups is 1. The van der Waals surface area contributed by atoms with Gasteiger partial charge in [0.25, 0.3) is 5.91 Å². The highest BCUT2D eigenvalue weighted by Crippen LogP contribution is 2.36. The van der Waals surface area contributed by atoms with E-state index in [4.69, 9.17) is 14.0 Å². The van der Waals surface area contributed by atoms with Crippen molar-refractivity contribution in [3.8, 4) is 0 Å². The molecule has 0 N–H and O–H groups in total. The fourth-order valence-electron chi connectivity index (χ4n) is 3.78. The molecule has 0 spiro atoms. The molecule has 0 radical (unpaired) electrons. The van der Waals surface area contributed by atoms with Crippen molar-refractivity contribution in [1.82, 2.24) is 10.1 Å². The van der Waals surface area contributed by atoms with Gasteiger partial charge in [0.15, 0.2) is 0 Å². The Hall–Kier alpha value is -1.40. The third kappa shape index (κ3) is 3.15. The van der Waals surface area contributed by atoms with Crippen molar-refractivity contribution in [1.29, 1.82) is 0 Å². The van der Waals surface area contributed by atoms with Crippen molar-refractivity contribution in [3.05, 3.63) is 17.5 Å². The first-order valence-electron chi connectivity index (χ1n) is 8.64. The molecule has 4 rings (SSSR count). The summed E-state index contributed by atoms with van der Waals surface area (Å²) in [6, 6.07) is 0.153. The summed E-state index contributed by atoms with van der Waals surface area (Å²) in [5, 5.41) is 3.73. The Morgan fingerprint density at radius 1 is 1.35 bits per heavy atom. The molecule has 126 valence electrons. The third-order valence-electron chi connectivity index (χ3n) is 5.28. The smallest absolute Gasteiger partial charge is 0.259 e. The molecule has 1 aromatic rings. The molecule has 2 saturated carbocycles. The van der Waals surface area contributed by atoms with Gasteiger partial charge in [0, 0.05) is 19.8 Å². The van der Waals surface area contributed by atoms with Crippen molar-refractivity contribution < 1.29 is 18.8 Å². The van der Waals surface area contributed by atoms with Crippen LogP contribution in [-0.4, -0.2) is 54.5 Å². The third-order valence-corrected chi connectivity index (χ3v) is 5.28. The van der Waals surface area contributed by atoms with E-state index in [1.165, 1.54) is 19.0 Å². The number of morpholine rings is 1. The number of hydrogen-bond donors (Lipinski definition) is 0. The van der Waals surface area contributed by atoms with Gasteiger partial charge in [-0.1, -0.05) is 5.16 Å². The summed E-state index contributed by atoms with van der Waals surface area (Å²) in [6.45, 7) is 4.71. The molecule has 0 bridgehead atoms. The summed E-state index contributed by atoms with van der Waals surface area (Å²) in [5.41, 5.74) is 0.569. The lowest BCUT2D eigenvalue weighted by Crippen LogP contribution is -2.51. The zero-order valence-corrected chi connectivity index (χ0v) is 13.6. The highest BCUT2D eigenvalue weighted by atomic mass is 16.5. The summed E-state index contributed by atoms with van der Waals surface area (Å²) in [7, 11) is 0. The Labute approximate surface area is 136 Å². The van der Waals surface area contributed by atoms with Crippen LogP contribution in [-0.2, 0) is 9.47 Å². The van der Waals surface area contributed by atoms with Crippen LogP contribution in [0.15, 0.2) is 10.7 Å². The van der Waals surface area contributed by atoms with Crippen LogP contribution in [0.4, 0.5) is 0 Å². The van der Waals surface area contributed by atoms with Gasteiger partial charge in [-0.25, -0.2) is 0 Å². The standard InChI is InChI=1S/C17H24N2O4/c1-11-14(8-18-23-11)17(20)19-4-5-22-16-7-13(6-15(16)19)10-21-9-12-2-3-12/h8,12-13,15-16H,2-7,9-10H2,1H3. The number of amides is 1. The predicted octanol–water partition coefficient (Wildman–Crippen LogP) is 2.03. The van der Waals surface area contributed by atoms with Crippen molar-refractivity contribution in [3.63, 3.8) is 0 Å². The number of fused-ring (bicyclic) bond motifs is 1. The predicted molar refractivity (Wildman–Crippen MR) is 82.1 cm³/mol. The minimum Gasteiger partial charge on any atom is -0.381 e. The molecule has 6 nitrogen and oxygen atoms in total. The molecule has 0 aromatic carbocycles. The van der Waals surface area contributed by atoms with Crippen molar-refractivity contribution in [2.24, 2.45) is 11.8 Å². The van der Waals surface area contributed by atoms with E-state index in [1.807, 2.05) is 4.90 Å².